The smallest absolute Gasteiger partial charge is 0.0720 e. The molecule has 0 amide bonds. The number of anilines is 1. The Balaban J connectivity index is 2.45. The van der Waals surface area contributed by atoms with E-state index in [4.69, 9.17) is 4.84 Å². The second-order valence-electron chi connectivity index (χ2n) is 5.19. The van der Waals surface area contributed by atoms with Gasteiger partial charge in [0.25, 0.3) is 0 Å². The third-order valence-electron chi connectivity index (χ3n) is 3.30. The van der Waals surface area contributed by atoms with Crippen LogP contribution in [-0.2, 0) is 4.84 Å². The number of benzene rings is 1. The average molecular weight is 219 g/mol. The molecule has 2 rings (SSSR count). The summed E-state index contributed by atoms with van der Waals surface area (Å²) in [5, 5.41) is 2.09. The Labute approximate surface area is 98.2 Å². The Morgan fingerprint density at radius 1 is 1.38 bits per heavy atom. The Morgan fingerprint density at radius 3 is 2.75 bits per heavy atom. The monoisotopic (exact) mass is 219 g/mol. The zero-order valence-electron chi connectivity index (χ0n) is 10.7. The van der Waals surface area contributed by atoms with Crippen LogP contribution < -0.4 is 5.06 Å². The number of rotatable bonds is 2. The molecule has 1 aromatic carbocycles. The van der Waals surface area contributed by atoms with Gasteiger partial charge in [-0.25, -0.2) is 5.06 Å². The summed E-state index contributed by atoms with van der Waals surface area (Å²) in [6.07, 6.45) is 1.13. The summed E-state index contributed by atoms with van der Waals surface area (Å²) >= 11 is 0. The zero-order chi connectivity index (χ0) is 11.8. The molecule has 1 aromatic rings. The lowest BCUT2D eigenvalue weighted by Crippen LogP contribution is -2.48. The van der Waals surface area contributed by atoms with Gasteiger partial charge in [0, 0.05) is 0 Å². The molecule has 0 aliphatic carbocycles. The molecule has 0 N–H and O–H groups in total. The highest BCUT2D eigenvalue weighted by molar-refractivity contribution is 5.57. The van der Waals surface area contributed by atoms with Crippen LogP contribution in [0.5, 0.6) is 0 Å². The minimum absolute atomic E-state index is 0.0732. The molecule has 2 heteroatoms. The Hall–Kier alpha value is -1.02. The van der Waals surface area contributed by atoms with Crippen LogP contribution in [0.3, 0.4) is 0 Å². The summed E-state index contributed by atoms with van der Waals surface area (Å²) in [6, 6.07) is 8.56. The summed E-state index contributed by atoms with van der Waals surface area (Å²) in [7, 11) is 0. The number of nitrogens with zero attached hydrogens (tertiary/aromatic N) is 1. The molecule has 2 nitrogen and oxygen atoms in total. The molecule has 0 aromatic heterocycles. The maximum atomic E-state index is 5.81. The number of hydroxylamine groups is 1. The number of hydrogen-bond donors (Lipinski definition) is 0. The third-order valence-corrected chi connectivity index (χ3v) is 3.30. The fraction of sp³-hybridized carbons (Fsp3) is 0.571. The topological polar surface area (TPSA) is 12.5 Å². The lowest BCUT2D eigenvalue weighted by molar-refractivity contribution is 0.0581. The van der Waals surface area contributed by atoms with E-state index in [0.717, 1.165) is 6.42 Å². The van der Waals surface area contributed by atoms with E-state index in [9.17, 15) is 0 Å². The molecule has 1 unspecified atom stereocenters. The molecular formula is C14H21NO. The molecule has 1 heterocycles. The van der Waals surface area contributed by atoms with Gasteiger partial charge in [-0.05, 0) is 44.7 Å². The van der Waals surface area contributed by atoms with Crippen molar-refractivity contribution in [1.29, 1.82) is 0 Å². The predicted octanol–water partition coefficient (Wildman–Crippen LogP) is 3.73. The largest absolute Gasteiger partial charge is 0.273 e. The van der Waals surface area contributed by atoms with Crippen LogP contribution in [0.1, 0.15) is 45.6 Å². The first kappa shape index (κ1) is 11.5. The van der Waals surface area contributed by atoms with E-state index in [1.807, 2.05) is 6.92 Å². The Bertz CT molecular complexity index is 373. The number of fused-ring (bicyclic) bond motifs is 1. The molecule has 1 aliphatic heterocycles. The van der Waals surface area contributed by atoms with Gasteiger partial charge in [-0.15, -0.1) is 0 Å². The van der Waals surface area contributed by atoms with Crippen molar-refractivity contribution in [1.82, 2.24) is 0 Å². The third kappa shape index (κ3) is 1.82. The van der Waals surface area contributed by atoms with Crippen molar-refractivity contribution in [3.63, 3.8) is 0 Å². The fourth-order valence-corrected chi connectivity index (χ4v) is 2.73. The molecule has 88 valence electrons. The molecule has 16 heavy (non-hydrogen) atoms. The summed E-state index contributed by atoms with van der Waals surface area (Å²) in [4.78, 5) is 5.81. The Kier molecular flexibility index (Phi) is 2.94. The van der Waals surface area contributed by atoms with Gasteiger partial charge in [0.2, 0.25) is 0 Å². The van der Waals surface area contributed by atoms with Crippen molar-refractivity contribution >= 4 is 5.69 Å². The summed E-state index contributed by atoms with van der Waals surface area (Å²) < 4.78 is 0. The van der Waals surface area contributed by atoms with Gasteiger partial charge in [0.15, 0.2) is 0 Å². The lowest BCUT2D eigenvalue weighted by atomic mass is 9.81. The van der Waals surface area contributed by atoms with Crippen molar-refractivity contribution in [2.75, 3.05) is 11.7 Å². The van der Waals surface area contributed by atoms with E-state index >= 15 is 0 Å². The molecule has 0 fully saturated rings. The van der Waals surface area contributed by atoms with Gasteiger partial charge in [-0.3, -0.25) is 4.84 Å². The minimum atomic E-state index is 0.0732. The van der Waals surface area contributed by atoms with E-state index < -0.39 is 0 Å². The summed E-state index contributed by atoms with van der Waals surface area (Å²) in [5.41, 5.74) is 2.70. The average Bonchev–Trinajstić information content (AvgIpc) is 2.23. The van der Waals surface area contributed by atoms with E-state index in [1.165, 1.54) is 11.3 Å². The molecular weight excluding hydrogens is 198 g/mol. The number of para-hydroxylation sites is 1. The van der Waals surface area contributed by atoms with Crippen molar-refractivity contribution in [3.8, 4) is 0 Å². The SMILES string of the molecule is CCON1c2ccccc2C(C)CC1(C)C. The maximum absolute atomic E-state index is 5.81. The van der Waals surface area contributed by atoms with E-state index in [-0.39, 0.29) is 5.54 Å². The molecule has 0 saturated carbocycles. The second kappa shape index (κ2) is 4.10. The molecule has 1 atom stereocenters. The van der Waals surface area contributed by atoms with Crippen molar-refractivity contribution < 1.29 is 4.84 Å². The van der Waals surface area contributed by atoms with Crippen LogP contribution in [0.15, 0.2) is 24.3 Å². The Morgan fingerprint density at radius 2 is 2.06 bits per heavy atom. The second-order valence-corrected chi connectivity index (χ2v) is 5.19. The highest BCUT2D eigenvalue weighted by Crippen LogP contribution is 2.42. The first-order valence-electron chi connectivity index (χ1n) is 6.08. The van der Waals surface area contributed by atoms with Gasteiger partial charge < -0.3 is 0 Å². The first-order valence-corrected chi connectivity index (χ1v) is 6.08. The minimum Gasteiger partial charge on any atom is -0.273 e. The van der Waals surface area contributed by atoms with E-state index in [0.29, 0.717) is 12.5 Å². The lowest BCUT2D eigenvalue weighted by Gasteiger charge is -2.45. The van der Waals surface area contributed by atoms with Crippen molar-refractivity contribution in [2.24, 2.45) is 0 Å². The van der Waals surface area contributed by atoms with Crippen molar-refractivity contribution in [3.05, 3.63) is 29.8 Å². The van der Waals surface area contributed by atoms with Gasteiger partial charge in [0.05, 0.1) is 17.8 Å². The fourth-order valence-electron chi connectivity index (χ4n) is 2.73. The van der Waals surface area contributed by atoms with Gasteiger partial charge in [0.1, 0.15) is 0 Å². The van der Waals surface area contributed by atoms with E-state index in [1.54, 1.807) is 0 Å². The molecule has 1 aliphatic rings. The van der Waals surface area contributed by atoms with Crippen LogP contribution in [0.4, 0.5) is 5.69 Å². The number of hydrogen-bond acceptors (Lipinski definition) is 2. The molecule has 0 spiro atoms. The maximum Gasteiger partial charge on any atom is 0.0720 e. The van der Waals surface area contributed by atoms with Crippen LogP contribution in [0, 0.1) is 0 Å². The van der Waals surface area contributed by atoms with Gasteiger partial charge in [-0.1, -0.05) is 25.1 Å². The van der Waals surface area contributed by atoms with Crippen LogP contribution in [0.25, 0.3) is 0 Å². The first-order chi connectivity index (χ1) is 7.56. The van der Waals surface area contributed by atoms with Crippen LogP contribution in [0.2, 0.25) is 0 Å². The zero-order valence-corrected chi connectivity index (χ0v) is 10.7. The normalized spacial score (nSPS) is 23.0. The standard InChI is InChI=1S/C14H21NO/c1-5-16-15-13-9-7-6-8-12(13)11(2)10-14(15,3)4/h6-9,11H,5,10H2,1-4H3. The van der Waals surface area contributed by atoms with Crippen molar-refractivity contribution in [2.45, 2.75) is 45.6 Å². The van der Waals surface area contributed by atoms with E-state index in [2.05, 4.69) is 50.1 Å². The predicted molar refractivity (Wildman–Crippen MR) is 67.7 cm³/mol. The van der Waals surface area contributed by atoms with Gasteiger partial charge >= 0.3 is 0 Å². The molecule has 0 bridgehead atoms. The van der Waals surface area contributed by atoms with Gasteiger partial charge in [-0.2, -0.15) is 0 Å². The summed E-state index contributed by atoms with van der Waals surface area (Å²) in [6.45, 7) is 9.54. The van der Waals surface area contributed by atoms with Crippen LogP contribution in [-0.4, -0.2) is 12.1 Å². The summed E-state index contributed by atoms with van der Waals surface area (Å²) in [5.74, 6) is 0.600. The quantitative estimate of drug-likeness (QED) is 0.751. The molecule has 0 radical (unpaired) electrons. The molecule has 0 saturated heterocycles. The highest BCUT2D eigenvalue weighted by atomic mass is 16.7. The van der Waals surface area contributed by atoms with Crippen LogP contribution >= 0.6 is 0 Å². The highest BCUT2D eigenvalue weighted by Gasteiger charge is 2.36.